The third-order valence-corrected chi connectivity index (χ3v) is 6.60. The molecular formula is C30H33ClN4O2. The van der Waals surface area contributed by atoms with Crippen LogP contribution in [0.1, 0.15) is 55.1 Å². The molecule has 6 nitrogen and oxygen atoms in total. The highest BCUT2D eigenvalue weighted by molar-refractivity contribution is 6.34. The van der Waals surface area contributed by atoms with Crippen molar-refractivity contribution in [2.24, 2.45) is 5.41 Å². The summed E-state index contributed by atoms with van der Waals surface area (Å²) < 4.78 is 1.99. The van der Waals surface area contributed by atoms with E-state index in [1.54, 1.807) is 18.3 Å². The maximum atomic E-state index is 13.2. The molecule has 3 aromatic carbocycles. The highest BCUT2D eigenvalue weighted by Gasteiger charge is 2.21. The Morgan fingerprint density at radius 1 is 0.946 bits per heavy atom. The number of carbonyl (C=O) groups excluding carboxylic acids is 2. The number of halogens is 1. The second-order valence-corrected chi connectivity index (χ2v) is 10.7. The zero-order chi connectivity index (χ0) is 26.4. The lowest BCUT2D eigenvalue weighted by atomic mass is 9.95. The molecular weight excluding hydrogens is 484 g/mol. The minimum absolute atomic E-state index is 0.0581. The van der Waals surface area contributed by atoms with Gasteiger partial charge in [0.2, 0.25) is 5.91 Å². The van der Waals surface area contributed by atoms with Gasteiger partial charge >= 0.3 is 0 Å². The first-order valence-corrected chi connectivity index (χ1v) is 13.0. The molecule has 0 radical (unpaired) electrons. The number of aryl methyl sites for hydroxylation is 2. The van der Waals surface area contributed by atoms with Crippen molar-refractivity contribution in [3.05, 3.63) is 94.6 Å². The summed E-state index contributed by atoms with van der Waals surface area (Å²) in [4.78, 5) is 25.4. The molecule has 2 N–H and O–H groups in total. The average Bonchev–Trinajstić information content (AvgIpc) is 3.30. The van der Waals surface area contributed by atoms with Gasteiger partial charge in [-0.1, -0.05) is 74.8 Å². The molecule has 1 heterocycles. The first-order valence-electron chi connectivity index (χ1n) is 12.6. The van der Waals surface area contributed by atoms with E-state index in [9.17, 15) is 9.59 Å². The number of benzene rings is 3. The maximum Gasteiger partial charge on any atom is 0.257 e. The lowest BCUT2D eigenvalue weighted by molar-refractivity contribution is -0.128. The van der Waals surface area contributed by atoms with Gasteiger partial charge in [0.05, 0.1) is 28.0 Å². The minimum Gasteiger partial charge on any atom is -0.352 e. The first-order chi connectivity index (χ1) is 17.7. The number of nitrogens with one attached hydrogen (secondary N) is 2. The molecule has 0 atom stereocenters. The van der Waals surface area contributed by atoms with Crippen molar-refractivity contribution in [2.45, 2.75) is 53.1 Å². The Morgan fingerprint density at radius 3 is 2.49 bits per heavy atom. The summed E-state index contributed by atoms with van der Waals surface area (Å²) in [5, 5.41) is 11.7. The van der Waals surface area contributed by atoms with Crippen molar-refractivity contribution in [3.8, 4) is 0 Å². The highest BCUT2D eigenvalue weighted by atomic mass is 35.5. The van der Waals surface area contributed by atoms with Gasteiger partial charge in [0.1, 0.15) is 0 Å². The molecule has 4 aromatic rings. The van der Waals surface area contributed by atoms with Crippen LogP contribution < -0.4 is 10.6 Å². The van der Waals surface area contributed by atoms with E-state index in [2.05, 4.69) is 40.0 Å². The van der Waals surface area contributed by atoms with Gasteiger partial charge in [-0.05, 0) is 54.7 Å². The Labute approximate surface area is 223 Å². The van der Waals surface area contributed by atoms with Crippen LogP contribution >= 0.6 is 11.6 Å². The number of hydrogen-bond acceptors (Lipinski definition) is 3. The van der Waals surface area contributed by atoms with Crippen molar-refractivity contribution in [1.29, 1.82) is 0 Å². The van der Waals surface area contributed by atoms with Gasteiger partial charge in [0, 0.05) is 23.9 Å². The molecule has 37 heavy (non-hydrogen) atoms. The first kappa shape index (κ1) is 26.4. The van der Waals surface area contributed by atoms with Crippen LogP contribution in [0.15, 0.2) is 72.9 Å². The lowest BCUT2D eigenvalue weighted by Crippen LogP contribution is -2.34. The summed E-state index contributed by atoms with van der Waals surface area (Å²) in [6, 6.07) is 21.5. The normalized spacial score (nSPS) is 11.5. The van der Waals surface area contributed by atoms with Crippen LogP contribution in [0.2, 0.25) is 5.02 Å². The summed E-state index contributed by atoms with van der Waals surface area (Å²) in [6.45, 7) is 6.70. The molecule has 0 fully saturated rings. The van der Waals surface area contributed by atoms with Gasteiger partial charge in [-0.3, -0.25) is 14.3 Å². The number of fused-ring (bicyclic) bond motifs is 1. The molecule has 1 aromatic heterocycles. The van der Waals surface area contributed by atoms with E-state index >= 15 is 0 Å². The second-order valence-electron chi connectivity index (χ2n) is 10.2. The van der Waals surface area contributed by atoms with Crippen molar-refractivity contribution in [1.82, 2.24) is 15.1 Å². The van der Waals surface area contributed by atoms with Crippen LogP contribution in [0, 0.1) is 5.41 Å². The van der Waals surface area contributed by atoms with E-state index in [1.165, 1.54) is 5.56 Å². The molecule has 0 spiro atoms. The molecule has 0 aliphatic carbocycles. The lowest BCUT2D eigenvalue weighted by Gasteiger charge is -2.18. The third-order valence-electron chi connectivity index (χ3n) is 6.27. The maximum absolute atomic E-state index is 13.2. The fraction of sp³-hybridized carbons (Fsp3) is 0.300. The number of rotatable bonds is 9. The quantitative estimate of drug-likeness (QED) is 0.245. The molecule has 0 bridgehead atoms. The van der Waals surface area contributed by atoms with Crippen LogP contribution in [0.25, 0.3) is 10.9 Å². The van der Waals surface area contributed by atoms with Crippen LogP contribution in [0.5, 0.6) is 0 Å². The average molecular weight is 517 g/mol. The topological polar surface area (TPSA) is 76.0 Å². The Morgan fingerprint density at radius 2 is 1.73 bits per heavy atom. The van der Waals surface area contributed by atoms with E-state index in [1.807, 2.05) is 55.8 Å². The Bertz CT molecular complexity index is 1390. The van der Waals surface area contributed by atoms with E-state index < -0.39 is 5.41 Å². The van der Waals surface area contributed by atoms with Crippen LogP contribution in [-0.4, -0.2) is 21.6 Å². The van der Waals surface area contributed by atoms with Crippen LogP contribution in [-0.2, 0) is 24.3 Å². The fourth-order valence-corrected chi connectivity index (χ4v) is 4.32. The number of anilines is 1. The smallest absolute Gasteiger partial charge is 0.257 e. The van der Waals surface area contributed by atoms with E-state index in [-0.39, 0.29) is 11.8 Å². The Balaban J connectivity index is 1.42. The van der Waals surface area contributed by atoms with Gasteiger partial charge in [-0.25, -0.2) is 0 Å². The molecule has 0 aliphatic rings. The predicted molar refractivity (Wildman–Crippen MR) is 150 cm³/mol. The van der Waals surface area contributed by atoms with Gasteiger partial charge in [-0.2, -0.15) is 5.10 Å². The van der Waals surface area contributed by atoms with E-state index in [0.717, 1.165) is 42.3 Å². The molecule has 0 saturated heterocycles. The Hall–Kier alpha value is -3.64. The zero-order valence-corrected chi connectivity index (χ0v) is 22.3. The molecule has 2 amide bonds. The summed E-state index contributed by atoms with van der Waals surface area (Å²) in [6.07, 6.45) is 4.92. The zero-order valence-electron chi connectivity index (χ0n) is 21.6. The predicted octanol–water partition coefficient (Wildman–Crippen LogP) is 6.63. The number of carbonyl (C=O) groups is 2. The van der Waals surface area contributed by atoms with E-state index in [0.29, 0.717) is 22.8 Å². The SMILES string of the molecule is CC(C)(C)C(=O)NCc1ccc(Cl)c(C(=O)Nc2cccc3c2cnn3CCCCc2ccccc2)c1. The number of aromatic nitrogens is 2. The number of unbranched alkanes of at least 4 members (excludes halogenated alkanes) is 1. The van der Waals surface area contributed by atoms with Crippen molar-refractivity contribution < 1.29 is 9.59 Å². The van der Waals surface area contributed by atoms with Crippen molar-refractivity contribution >= 4 is 40.0 Å². The summed E-state index contributed by atoms with van der Waals surface area (Å²) in [5.41, 5.74) is 3.67. The summed E-state index contributed by atoms with van der Waals surface area (Å²) >= 11 is 6.37. The summed E-state index contributed by atoms with van der Waals surface area (Å²) in [7, 11) is 0. The van der Waals surface area contributed by atoms with Gasteiger partial charge in [0.25, 0.3) is 5.91 Å². The standard InChI is InChI=1S/C30H33ClN4O2/c1-30(2,3)29(37)32-19-22-15-16-25(31)23(18-22)28(36)34-26-13-9-14-27-24(26)20-33-35(27)17-8-7-12-21-10-5-4-6-11-21/h4-6,9-11,13-16,18,20H,7-8,12,17,19H2,1-3H3,(H,32,37)(H,34,36). The van der Waals surface area contributed by atoms with Crippen LogP contribution in [0.3, 0.4) is 0 Å². The van der Waals surface area contributed by atoms with Gasteiger partial charge < -0.3 is 10.6 Å². The number of amides is 2. The third kappa shape index (κ3) is 6.77. The van der Waals surface area contributed by atoms with Crippen molar-refractivity contribution in [3.63, 3.8) is 0 Å². The highest BCUT2D eigenvalue weighted by Crippen LogP contribution is 2.26. The van der Waals surface area contributed by atoms with Crippen LogP contribution in [0.4, 0.5) is 5.69 Å². The van der Waals surface area contributed by atoms with E-state index in [4.69, 9.17) is 11.6 Å². The summed E-state index contributed by atoms with van der Waals surface area (Å²) in [5.74, 6) is -0.366. The van der Waals surface area contributed by atoms with Gasteiger partial charge in [0.15, 0.2) is 0 Å². The second kappa shape index (κ2) is 11.6. The monoisotopic (exact) mass is 516 g/mol. The largest absolute Gasteiger partial charge is 0.352 e. The van der Waals surface area contributed by atoms with Crippen molar-refractivity contribution in [2.75, 3.05) is 5.32 Å². The number of hydrogen-bond donors (Lipinski definition) is 2. The Kier molecular flexibility index (Phi) is 8.29. The van der Waals surface area contributed by atoms with Gasteiger partial charge in [-0.15, -0.1) is 0 Å². The molecule has 7 heteroatoms. The number of nitrogens with zero attached hydrogens (tertiary/aromatic N) is 2. The fourth-order valence-electron chi connectivity index (χ4n) is 4.12. The minimum atomic E-state index is -0.488. The molecule has 0 unspecified atom stereocenters. The molecule has 0 aliphatic heterocycles. The molecule has 192 valence electrons. The molecule has 4 rings (SSSR count). The molecule has 0 saturated carbocycles.